The quantitative estimate of drug-likeness (QED) is 0.653. The van der Waals surface area contributed by atoms with E-state index in [4.69, 9.17) is 4.42 Å². The molecule has 0 aliphatic rings. The van der Waals surface area contributed by atoms with Gasteiger partial charge < -0.3 is 14.5 Å². The van der Waals surface area contributed by atoms with E-state index in [0.29, 0.717) is 0 Å². The summed E-state index contributed by atoms with van der Waals surface area (Å²) < 4.78 is 35.2. The summed E-state index contributed by atoms with van der Waals surface area (Å²) in [5.41, 5.74) is 0.989. The molecule has 0 bridgehead atoms. The number of halogens is 2. The number of carbonyl (C=O) groups excluding carboxylic acids is 1. The van der Waals surface area contributed by atoms with Crippen LogP contribution in [0.15, 0.2) is 59.0 Å². The second kappa shape index (κ2) is 8.18. The van der Waals surface area contributed by atoms with Gasteiger partial charge >= 0.3 is 6.61 Å². The number of furan rings is 1. The van der Waals surface area contributed by atoms with E-state index in [9.17, 15) is 13.6 Å². The van der Waals surface area contributed by atoms with Crippen molar-refractivity contribution in [2.75, 3.05) is 18.9 Å². The number of ether oxygens (including phenoxy) is 1. The summed E-state index contributed by atoms with van der Waals surface area (Å²) in [7, 11) is 1.79. The largest absolute Gasteiger partial charge is 0.459 e. The first-order valence-electron chi connectivity index (χ1n) is 8.46. The van der Waals surface area contributed by atoms with Gasteiger partial charge in [-0.1, -0.05) is 30.3 Å². The molecule has 7 heteroatoms. The molecule has 1 amide bonds. The summed E-state index contributed by atoms with van der Waals surface area (Å²) in [4.78, 5) is 14.2. The Morgan fingerprint density at radius 1 is 1.19 bits per heavy atom. The number of para-hydroxylation sites is 3. The highest BCUT2D eigenvalue weighted by Crippen LogP contribution is 2.28. The molecule has 0 aliphatic heterocycles. The zero-order valence-electron chi connectivity index (χ0n) is 15.0. The van der Waals surface area contributed by atoms with Crippen molar-refractivity contribution in [2.24, 2.45) is 0 Å². The molecule has 1 aromatic heterocycles. The van der Waals surface area contributed by atoms with Gasteiger partial charge in [0.2, 0.25) is 5.91 Å². The summed E-state index contributed by atoms with van der Waals surface area (Å²) >= 11 is 0. The smallest absolute Gasteiger partial charge is 0.387 e. The zero-order valence-corrected chi connectivity index (χ0v) is 15.0. The van der Waals surface area contributed by atoms with E-state index in [0.717, 1.165) is 16.7 Å². The number of likely N-dealkylation sites (N-methyl/N-ethyl adjacent to an activating group) is 1. The highest BCUT2D eigenvalue weighted by Gasteiger charge is 2.19. The Labute approximate surface area is 155 Å². The number of carbonyl (C=O) groups is 1. The number of hydrogen-bond donors (Lipinski definition) is 1. The molecule has 0 saturated carbocycles. The fourth-order valence-corrected chi connectivity index (χ4v) is 2.75. The Kier molecular flexibility index (Phi) is 5.71. The van der Waals surface area contributed by atoms with Crippen LogP contribution in [-0.2, 0) is 4.79 Å². The van der Waals surface area contributed by atoms with Crippen LogP contribution in [0.3, 0.4) is 0 Å². The Balaban J connectivity index is 1.65. The molecule has 3 rings (SSSR count). The fraction of sp³-hybridized carbons (Fsp3) is 0.250. The van der Waals surface area contributed by atoms with Crippen molar-refractivity contribution in [1.82, 2.24) is 4.90 Å². The lowest BCUT2D eigenvalue weighted by atomic mass is 10.2. The molecule has 142 valence electrons. The van der Waals surface area contributed by atoms with Gasteiger partial charge in [0.05, 0.1) is 18.3 Å². The van der Waals surface area contributed by atoms with Crippen molar-refractivity contribution in [3.8, 4) is 5.75 Å². The number of alkyl halides is 2. The SMILES string of the molecule is C[C@H](c1cc2ccccc2o1)N(C)CC(=O)Nc1ccccc1OC(F)F. The van der Waals surface area contributed by atoms with Crippen molar-refractivity contribution >= 4 is 22.6 Å². The molecule has 0 saturated heterocycles. The maximum absolute atomic E-state index is 12.5. The minimum atomic E-state index is -2.96. The van der Waals surface area contributed by atoms with E-state index >= 15 is 0 Å². The molecule has 1 heterocycles. The first-order valence-corrected chi connectivity index (χ1v) is 8.46. The second-order valence-electron chi connectivity index (χ2n) is 6.20. The van der Waals surface area contributed by atoms with Crippen LogP contribution < -0.4 is 10.1 Å². The lowest BCUT2D eigenvalue weighted by Gasteiger charge is -2.22. The van der Waals surface area contributed by atoms with Gasteiger partial charge in [-0.25, -0.2) is 0 Å². The van der Waals surface area contributed by atoms with Crippen molar-refractivity contribution in [3.63, 3.8) is 0 Å². The highest BCUT2D eigenvalue weighted by atomic mass is 19.3. The number of hydrogen-bond acceptors (Lipinski definition) is 4. The third kappa shape index (κ3) is 4.62. The summed E-state index contributed by atoms with van der Waals surface area (Å²) in [6.07, 6.45) is 0. The molecule has 0 spiro atoms. The van der Waals surface area contributed by atoms with Crippen LogP contribution in [0.5, 0.6) is 5.75 Å². The predicted octanol–water partition coefficient (Wildman–Crippen LogP) is 4.67. The number of amides is 1. The first kappa shape index (κ1) is 18.8. The lowest BCUT2D eigenvalue weighted by Crippen LogP contribution is -2.32. The van der Waals surface area contributed by atoms with E-state index < -0.39 is 6.61 Å². The number of nitrogens with one attached hydrogen (secondary N) is 1. The topological polar surface area (TPSA) is 54.7 Å². The summed E-state index contributed by atoms with van der Waals surface area (Å²) in [5.74, 6) is 0.326. The monoisotopic (exact) mass is 374 g/mol. The molecule has 3 aromatic rings. The van der Waals surface area contributed by atoms with Crippen molar-refractivity contribution in [2.45, 2.75) is 19.6 Å². The Morgan fingerprint density at radius 2 is 1.89 bits per heavy atom. The molecule has 1 atom stereocenters. The molecule has 0 unspecified atom stereocenters. The van der Waals surface area contributed by atoms with Crippen molar-refractivity contribution < 1.29 is 22.7 Å². The van der Waals surface area contributed by atoms with Gasteiger partial charge in [-0.2, -0.15) is 8.78 Å². The van der Waals surface area contributed by atoms with Crippen LogP contribution in [0.25, 0.3) is 11.0 Å². The van der Waals surface area contributed by atoms with Crippen LogP contribution in [0, 0.1) is 0 Å². The average Bonchev–Trinajstić information content (AvgIpc) is 3.06. The van der Waals surface area contributed by atoms with E-state index in [1.807, 2.05) is 42.2 Å². The number of benzene rings is 2. The van der Waals surface area contributed by atoms with Gasteiger partial charge in [-0.15, -0.1) is 0 Å². The number of anilines is 1. The molecule has 5 nitrogen and oxygen atoms in total. The third-order valence-corrected chi connectivity index (χ3v) is 4.29. The summed E-state index contributed by atoms with van der Waals surface area (Å²) in [5, 5.41) is 3.61. The van der Waals surface area contributed by atoms with Crippen LogP contribution in [-0.4, -0.2) is 31.0 Å². The maximum Gasteiger partial charge on any atom is 0.387 e. The fourth-order valence-electron chi connectivity index (χ4n) is 2.75. The van der Waals surface area contributed by atoms with E-state index in [-0.39, 0.29) is 29.9 Å². The zero-order chi connectivity index (χ0) is 19.4. The summed E-state index contributed by atoms with van der Waals surface area (Å²) in [6, 6.07) is 15.6. The van der Waals surface area contributed by atoms with E-state index in [2.05, 4.69) is 10.1 Å². The van der Waals surface area contributed by atoms with Gasteiger partial charge in [0, 0.05) is 5.39 Å². The van der Waals surface area contributed by atoms with Crippen LogP contribution >= 0.6 is 0 Å². The standard InChI is InChI=1S/C20H20F2N2O3/c1-13(18-11-14-7-3-5-9-16(14)26-18)24(2)12-19(25)23-15-8-4-6-10-17(15)27-20(21)22/h3-11,13,20H,12H2,1-2H3,(H,23,25)/t13-/m1/s1. The molecule has 0 radical (unpaired) electrons. The first-order chi connectivity index (χ1) is 12.9. The van der Waals surface area contributed by atoms with Crippen LogP contribution in [0.4, 0.5) is 14.5 Å². The molecule has 2 aromatic carbocycles. The summed E-state index contributed by atoms with van der Waals surface area (Å²) in [6.45, 7) is -0.973. The predicted molar refractivity (Wildman–Crippen MR) is 99.0 cm³/mol. The Bertz CT molecular complexity index is 893. The average molecular weight is 374 g/mol. The Hall–Kier alpha value is -2.93. The molecule has 27 heavy (non-hydrogen) atoms. The second-order valence-corrected chi connectivity index (χ2v) is 6.20. The third-order valence-electron chi connectivity index (χ3n) is 4.29. The minimum absolute atomic E-state index is 0.0568. The molecular formula is C20H20F2N2O3. The molecule has 0 aliphatic carbocycles. The Morgan fingerprint density at radius 3 is 2.63 bits per heavy atom. The van der Waals surface area contributed by atoms with E-state index in [1.165, 1.54) is 12.1 Å². The number of nitrogens with zero attached hydrogens (tertiary/aromatic N) is 1. The van der Waals surface area contributed by atoms with Gasteiger partial charge in [-0.05, 0) is 38.2 Å². The van der Waals surface area contributed by atoms with Gasteiger partial charge in [0.25, 0.3) is 0 Å². The van der Waals surface area contributed by atoms with Crippen LogP contribution in [0.2, 0.25) is 0 Å². The normalized spacial score (nSPS) is 12.5. The lowest BCUT2D eigenvalue weighted by molar-refractivity contribution is -0.117. The number of rotatable bonds is 7. The maximum atomic E-state index is 12.5. The van der Waals surface area contributed by atoms with Gasteiger partial charge in [-0.3, -0.25) is 9.69 Å². The van der Waals surface area contributed by atoms with Crippen molar-refractivity contribution in [3.05, 3.63) is 60.4 Å². The number of fused-ring (bicyclic) bond motifs is 1. The minimum Gasteiger partial charge on any atom is -0.459 e. The molecule has 1 N–H and O–H groups in total. The van der Waals surface area contributed by atoms with Crippen molar-refractivity contribution in [1.29, 1.82) is 0 Å². The molecule has 0 fully saturated rings. The van der Waals surface area contributed by atoms with Crippen LogP contribution in [0.1, 0.15) is 18.7 Å². The highest BCUT2D eigenvalue weighted by molar-refractivity contribution is 5.93. The van der Waals surface area contributed by atoms with Gasteiger partial charge in [0.15, 0.2) is 0 Å². The van der Waals surface area contributed by atoms with Gasteiger partial charge in [0.1, 0.15) is 17.1 Å². The van der Waals surface area contributed by atoms with E-state index in [1.54, 1.807) is 19.2 Å². The molecular weight excluding hydrogens is 354 g/mol.